The molecule has 7 heteroatoms. The van der Waals surface area contributed by atoms with Crippen LogP contribution >= 0.6 is 0 Å². The Balaban J connectivity index is 1.72. The quantitative estimate of drug-likeness (QED) is 0.901. The third-order valence-corrected chi connectivity index (χ3v) is 3.17. The summed E-state index contributed by atoms with van der Waals surface area (Å²) in [5, 5.41) is 11.6. The van der Waals surface area contributed by atoms with Gasteiger partial charge in [-0.2, -0.15) is 0 Å². The standard InChI is InChI=1S/C16H13NO6/c18-15(19)11-6-12(14-13(7-11)22-9-23-14)17-16(20)21-8-10-4-2-1-3-5-10/h1-7H,8-9H2,(H,17,20)(H,18,19). The van der Waals surface area contributed by atoms with Crippen molar-refractivity contribution in [3.05, 3.63) is 53.6 Å². The molecule has 0 radical (unpaired) electrons. The van der Waals surface area contributed by atoms with Crippen LogP contribution in [-0.2, 0) is 11.3 Å². The molecule has 0 fully saturated rings. The second-order valence-electron chi connectivity index (χ2n) is 4.75. The predicted molar refractivity (Wildman–Crippen MR) is 79.8 cm³/mol. The van der Waals surface area contributed by atoms with Gasteiger partial charge in [-0.25, -0.2) is 9.59 Å². The maximum atomic E-state index is 11.9. The molecular formula is C16H13NO6. The van der Waals surface area contributed by atoms with Crippen LogP contribution in [0.15, 0.2) is 42.5 Å². The Morgan fingerprint density at radius 1 is 1.17 bits per heavy atom. The highest BCUT2D eigenvalue weighted by atomic mass is 16.7. The molecule has 1 aliphatic rings. The van der Waals surface area contributed by atoms with Crippen molar-refractivity contribution in [1.82, 2.24) is 0 Å². The van der Waals surface area contributed by atoms with Gasteiger partial charge in [0, 0.05) is 0 Å². The van der Waals surface area contributed by atoms with Crippen molar-refractivity contribution in [2.45, 2.75) is 6.61 Å². The molecule has 0 unspecified atom stereocenters. The molecule has 0 aliphatic carbocycles. The van der Waals surface area contributed by atoms with Crippen molar-refractivity contribution in [1.29, 1.82) is 0 Å². The Morgan fingerprint density at radius 2 is 1.96 bits per heavy atom. The van der Waals surface area contributed by atoms with Crippen molar-refractivity contribution in [3.8, 4) is 11.5 Å². The maximum Gasteiger partial charge on any atom is 0.412 e. The van der Waals surface area contributed by atoms with Crippen LogP contribution < -0.4 is 14.8 Å². The van der Waals surface area contributed by atoms with Gasteiger partial charge in [0.25, 0.3) is 0 Å². The van der Waals surface area contributed by atoms with Crippen LogP contribution in [0, 0.1) is 0 Å². The van der Waals surface area contributed by atoms with Gasteiger partial charge in [-0.3, -0.25) is 5.32 Å². The van der Waals surface area contributed by atoms with E-state index >= 15 is 0 Å². The fraction of sp³-hybridized carbons (Fsp3) is 0.125. The molecule has 0 bridgehead atoms. The fourth-order valence-corrected chi connectivity index (χ4v) is 2.10. The number of carboxylic acids is 1. The van der Waals surface area contributed by atoms with Gasteiger partial charge in [0.05, 0.1) is 11.3 Å². The summed E-state index contributed by atoms with van der Waals surface area (Å²) in [7, 11) is 0. The van der Waals surface area contributed by atoms with Crippen LogP contribution in [0.3, 0.4) is 0 Å². The molecule has 2 N–H and O–H groups in total. The van der Waals surface area contributed by atoms with Crippen molar-refractivity contribution in [2.75, 3.05) is 12.1 Å². The van der Waals surface area contributed by atoms with E-state index in [0.29, 0.717) is 0 Å². The van der Waals surface area contributed by atoms with Crippen LogP contribution in [0.2, 0.25) is 0 Å². The van der Waals surface area contributed by atoms with Gasteiger partial charge in [-0.15, -0.1) is 0 Å². The van der Waals surface area contributed by atoms with E-state index in [1.54, 1.807) is 0 Å². The Hall–Kier alpha value is -3.22. The van der Waals surface area contributed by atoms with E-state index in [1.165, 1.54) is 12.1 Å². The molecule has 2 aromatic rings. The molecule has 2 aromatic carbocycles. The van der Waals surface area contributed by atoms with Crippen LogP contribution in [-0.4, -0.2) is 24.0 Å². The largest absolute Gasteiger partial charge is 0.478 e. The summed E-state index contributed by atoms with van der Waals surface area (Å²) in [5.41, 5.74) is 1.01. The number of nitrogens with one attached hydrogen (secondary N) is 1. The van der Waals surface area contributed by atoms with Gasteiger partial charge in [0.2, 0.25) is 6.79 Å². The minimum absolute atomic E-state index is 0.0207. The Kier molecular flexibility index (Phi) is 4.01. The van der Waals surface area contributed by atoms with E-state index in [4.69, 9.17) is 19.3 Å². The number of hydrogen-bond donors (Lipinski definition) is 2. The summed E-state index contributed by atoms with van der Waals surface area (Å²) in [6.45, 7) is 0.0665. The number of anilines is 1. The number of carbonyl (C=O) groups is 2. The summed E-state index contributed by atoms with van der Waals surface area (Å²) < 4.78 is 15.5. The van der Waals surface area contributed by atoms with Gasteiger partial charge < -0.3 is 19.3 Å². The number of hydrogen-bond acceptors (Lipinski definition) is 5. The van der Waals surface area contributed by atoms with Crippen molar-refractivity contribution >= 4 is 17.7 Å². The topological polar surface area (TPSA) is 94.1 Å². The van der Waals surface area contributed by atoms with Gasteiger partial charge in [0.1, 0.15) is 6.61 Å². The van der Waals surface area contributed by atoms with E-state index in [-0.39, 0.29) is 36.1 Å². The van der Waals surface area contributed by atoms with Crippen molar-refractivity contribution in [2.24, 2.45) is 0 Å². The molecule has 0 spiro atoms. The highest BCUT2D eigenvalue weighted by molar-refractivity contribution is 5.94. The summed E-state index contributed by atoms with van der Waals surface area (Å²) in [5.74, 6) is -0.584. The molecular weight excluding hydrogens is 302 g/mol. The summed E-state index contributed by atoms with van der Waals surface area (Å²) >= 11 is 0. The van der Waals surface area contributed by atoms with Crippen LogP contribution in [0.1, 0.15) is 15.9 Å². The number of aromatic carboxylic acids is 1. The second kappa shape index (κ2) is 6.27. The normalized spacial score (nSPS) is 11.8. The highest BCUT2D eigenvalue weighted by Crippen LogP contribution is 2.40. The summed E-state index contributed by atoms with van der Waals surface area (Å²) in [4.78, 5) is 23.0. The second-order valence-corrected chi connectivity index (χ2v) is 4.75. The van der Waals surface area contributed by atoms with E-state index in [2.05, 4.69) is 5.32 Å². The lowest BCUT2D eigenvalue weighted by atomic mass is 10.1. The molecule has 0 aromatic heterocycles. The number of carboxylic acid groups (broad SMARTS) is 1. The molecule has 3 rings (SSSR count). The van der Waals surface area contributed by atoms with Crippen molar-refractivity contribution < 1.29 is 28.9 Å². The monoisotopic (exact) mass is 315 g/mol. The number of rotatable bonds is 4. The van der Waals surface area contributed by atoms with Gasteiger partial charge in [0.15, 0.2) is 11.5 Å². The first kappa shape index (κ1) is 14.7. The predicted octanol–water partition coefficient (Wildman–Crippen LogP) is 2.86. The van der Waals surface area contributed by atoms with E-state index < -0.39 is 12.1 Å². The number of fused-ring (bicyclic) bond motifs is 1. The average Bonchev–Trinajstić information content (AvgIpc) is 3.02. The number of ether oxygens (including phenoxy) is 3. The number of benzene rings is 2. The maximum absolute atomic E-state index is 11.9. The average molecular weight is 315 g/mol. The molecule has 0 atom stereocenters. The smallest absolute Gasteiger partial charge is 0.412 e. The first-order valence-electron chi connectivity index (χ1n) is 6.78. The zero-order chi connectivity index (χ0) is 16.2. The lowest BCUT2D eigenvalue weighted by molar-refractivity contribution is 0.0696. The van der Waals surface area contributed by atoms with Crippen LogP contribution in [0.25, 0.3) is 0 Å². The summed E-state index contributed by atoms with van der Waals surface area (Å²) in [6.07, 6.45) is -0.714. The van der Waals surface area contributed by atoms with Gasteiger partial charge in [-0.1, -0.05) is 30.3 Å². The highest BCUT2D eigenvalue weighted by Gasteiger charge is 2.23. The molecule has 7 nitrogen and oxygen atoms in total. The van der Waals surface area contributed by atoms with E-state index in [0.717, 1.165) is 5.56 Å². The number of amides is 1. The van der Waals surface area contributed by atoms with E-state index in [9.17, 15) is 9.59 Å². The zero-order valence-electron chi connectivity index (χ0n) is 11.9. The van der Waals surface area contributed by atoms with Crippen molar-refractivity contribution in [3.63, 3.8) is 0 Å². The zero-order valence-corrected chi connectivity index (χ0v) is 11.9. The third kappa shape index (κ3) is 3.34. The van der Waals surface area contributed by atoms with Crippen LogP contribution in [0.4, 0.5) is 10.5 Å². The van der Waals surface area contributed by atoms with Crippen LogP contribution in [0.5, 0.6) is 11.5 Å². The lowest BCUT2D eigenvalue weighted by Gasteiger charge is -2.10. The van der Waals surface area contributed by atoms with E-state index in [1.807, 2.05) is 30.3 Å². The lowest BCUT2D eigenvalue weighted by Crippen LogP contribution is -2.14. The SMILES string of the molecule is O=C(Nc1cc(C(=O)O)cc2c1OCO2)OCc1ccccc1. The Bertz CT molecular complexity index is 744. The summed E-state index contributed by atoms with van der Waals surface area (Å²) in [6, 6.07) is 11.8. The molecule has 0 saturated heterocycles. The molecule has 118 valence electrons. The molecule has 1 heterocycles. The fourth-order valence-electron chi connectivity index (χ4n) is 2.10. The minimum atomic E-state index is -1.14. The van der Waals surface area contributed by atoms with Gasteiger partial charge >= 0.3 is 12.1 Å². The molecule has 1 aliphatic heterocycles. The first-order valence-corrected chi connectivity index (χ1v) is 6.78. The molecule has 1 amide bonds. The third-order valence-electron chi connectivity index (χ3n) is 3.17. The number of carbonyl (C=O) groups excluding carboxylic acids is 1. The first-order chi connectivity index (χ1) is 11.1. The Labute approximate surface area is 131 Å². The molecule has 0 saturated carbocycles. The molecule has 23 heavy (non-hydrogen) atoms. The minimum Gasteiger partial charge on any atom is -0.478 e. The Morgan fingerprint density at radius 3 is 2.70 bits per heavy atom. The van der Waals surface area contributed by atoms with Gasteiger partial charge in [-0.05, 0) is 17.7 Å².